The van der Waals surface area contributed by atoms with E-state index < -0.39 is 9.84 Å². The molecular weight excluding hydrogens is 396 g/mol. The van der Waals surface area contributed by atoms with Gasteiger partial charge in [-0.25, -0.2) is 8.42 Å². The smallest absolute Gasteiger partial charge is 0.225 e. The van der Waals surface area contributed by atoms with E-state index in [4.69, 9.17) is 0 Å². The van der Waals surface area contributed by atoms with Gasteiger partial charge in [0.1, 0.15) is 9.84 Å². The van der Waals surface area contributed by atoms with E-state index in [-0.39, 0.29) is 23.3 Å². The predicted octanol–water partition coefficient (Wildman–Crippen LogP) is 3.61. The summed E-state index contributed by atoms with van der Waals surface area (Å²) in [4.78, 5) is 14.4. The molecule has 0 spiro atoms. The summed E-state index contributed by atoms with van der Waals surface area (Å²) < 4.78 is 23.2. The molecular formula is C24H30N2O3S. The first-order chi connectivity index (χ1) is 14.3. The number of benzene rings is 2. The van der Waals surface area contributed by atoms with Crippen molar-refractivity contribution in [2.75, 3.05) is 23.9 Å². The van der Waals surface area contributed by atoms with Crippen LogP contribution in [0.3, 0.4) is 0 Å². The molecule has 1 N–H and O–H groups in total. The Labute approximate surface area is 179 Å². The number of sulfone groups is 1. The van der Waals surface area contributed by atoms with Crippen molar-refractivity contribution in [3.05, 3.63) is 65.2 Å². The summed E-state index contributed by atoms with van der Waals surface area (Å²) >= 11 is 0. The number of amides is 1. The van der Waals surface area contributed by atoms with Crippen molar-refractivity contribution < 1.29 is 13.2 Å². The molecule has 1 amide bonds. The van der Waals surface area contributed by atoms with Gasteiger partial charge in [-0.05, 0) is 48.1 Å². The van der Waals surface area contributed by atoms with Crippen molar-refractivity contribution in [3.8, 4) is 0 Å². The quantitative estimate of drug-likeness (QED) is 0.793. The molecule has 1 heterocycles. The van der Waals surface area contributed by atoms with Crippen LogP contribution in [0.1, 0.15) is 42.4 Å². The fourth-order valence-electron chi connectivity index (χ4n) is 4.69. The van der Waals surface area contributed by atoms with E-state index in [1.165, 1.54) is 11.1 Å². The molecule has 0 unspecified atom stereocenters. The molecule has 0 radical (unpaired) electrons. The van der Waals surface area contributed by atoms with Crippen molar-refractivity contribution in [2.45, 2.75) is 44.7 Å². The molecule has 2 atom stereocenters. The Hall–Kier alpha value is -2.34. The second-order valence-electron chi connectivity index (χ2n) is 8.76. The standard InChI is InChI=1S/C24H30N2O3S/c1-17-22-6-4-3-5-20(22)15-23(17)25-21-9-7-18(8-10-21)16-26(2)24(27)19-11-13-30(28,29)14-12-19/h3-10,17,19,23,25H,11-16H2,1-2H3/t17-,23-/m0/s1. The Bertz CT molecular complexity index is 1000. The van der Waals surface area contributed by atoms with Crippen LogP contribution in [-0.4, -0.2) is 43.8 Å². The van der Waals surface area contributed by atoms with Gasteiger partial charge in [-0.3, -0.25) is 4.79 Å². The Morgan fingerprint density at radius 1 is 1.07 bits per heavy atom. The van der Waals surface area contributed by atoms with Crippen LogP contribution in [0.5, 0.6) is 0 Å². The molecule has 2 aliphatic rings. The molecule has 6 heteroatoms. The lowest BCUT2D eigenvalue weighted by Crippen LogP contribution is -2.37. The zero-order valence-corrected chi connectivity index (χ0v) is 18.5. The molecule has 2 aromatic rings. The highest BCUT2D eigenvalue weighted by molar-refractivity contribution is 7.91. The highest BCUT2D eigenvalue weighted by atomic mass is 32.2. The van der Waals surface area contributed by atoms with Crippen LogP contribution in [0, 0.1) is 5.92 Å². The fourth-order valence-corrected chi connectivity index (χ4v) is 6.18. The normalized spacial score (nSPS) is 23.0. The monoisotopic (exact) mass is 426 g/mol. The third-order valence-corrected chi connectivity index (χ3v) is 8.31. The second-order valence-corrected chi connectivity index (χ2v) is 11.1. The molecule has 1 saturated heterocycles. The summed E-state index contributed by atoms with van der Waals surface area (Å²) in [6.07, 6.45) is 1.92. The summed E-state index contributed by atoms with van der Waals surface area (Å²) in [6.45, 7) is 2.81. The molecule has 0 bridgehead atoms. The predicted molar refractivity (Wildman–Crippen MR) is 120 cm³/mol. The molecule has 0 saturated carbocycles. The van der Waals surface area contributed by atoms with E-state index in [1.807, 2.05) is 0 Å². The molecule has 1 aliphatic heterocycles. The third kappa shape index (κ3) is 4.53. The number of carbonyl (C=O) groups excluding carboxylic acids is 1. The summed E-state index contributed by atoms with van der Waals surface area (Å²) in [7, 11) is -1.15. The number of anilines is 1. The maximum absolute atomic E-state index is 12.7. The van der Waals surface area contributed by atoms with Crippen molar-refractivity contribution in [1.82, 2.24) is 4.90 Å². The maximum atomic E-state index is 12.7. The SMILES string of the molecule is C[C@H]1c2ccccc2C[C@@H]1Nc1ccc(CN(C)C(=O)C2CCS(=O)(=O)CC2)cc1. The van der Waals surface area contributed by atoms with E-state index >= 15 is 0 Å². The van der Waals surface area contributed by atoms with Crippen molar-refractivity contribution in [3.63, 3.8) is 0 Å². The third-order valence-electron chi connectivity index (χ3n) is 6.59. The summed E-state index contributed by atoms with van der Waals surface area (Å²) in [5.74, 6) is 0.598. The molecule has 5 nitrogen and oxygen atoms in total. The largest absolute Gasteiger partial charge is 0.381 e. The topological polar surface area (TPSA) is 66.5 Å². The number of nitrogens with one attached hydrogen (secondary N) is 1. The van der Waals surface area contributed by atoms with Gasteiger partial charge in [0.05, 0.1) is 11.5 Å². The van der Waals surface area contributed by atoms with Crippen LogP contribution < -0.4 is 5.32 Å². The number of rotatable bonds is 5. The van der Waals surface area contributed by atoms with E-state index in [0.717, 1.165) is 17.7 Å². The van der Waals surface area contributed by atoms with Gasteiger partial charge in [0.15, 0.2) is 0 Å². The average molecular weight is 427 g/mol. The summed E-state index contributed by atoms with van der Waals surface area (Å²) in [5.41, 5.74) is 5.02. The van der Waals surface area contributed by atoms with Crippen LogP contribution in [0.4, 0.5) is 5.69 Å². The van der Waals surface area contributed by atoms with Gasteiger partial charge in [0.2, 0.25) is 5.91 Å². The Morgan fingerprint density at radius 3 is 2.40 bits per heavy atom. The lowest BCUT2D eigenvalue weighted by Gasteiger charge is -2.26. The first kappa shape index (κ1) is 20.9. The summed E-state index contributed by atoms with van der Waals surface area (Å²) in [5, 5.41) is 3.66. The van der Waals surface area contributed by atoms with Gasteiger partial charge >= 0.3 is 0 Å². The second kappa shape index (κ2) is 8.42. The lowest BCUT2D eigenvalue weighted by molar-refractivity contribution is -0.135. The van der Waals surface area contributed by atoms with Gasteiger partial charge in [0, 0.05) is 37.2 Å². The van der Waals surface area contributed by atoms with Crippen LogP contribution in [0.15, 0.2) is 48.5 Å². The van der Waals surface area contributed by atoms with Crippen LogP contribution in [0.2, 0.25) is 0 Å². The minimum absolute atomic E-state index is 0.0460. The van der Waals surface area contributed by atoms with E-state index in [2.05, 4.69) is 60.8 Å². The zero-order valence-electron chi connectivity index (χ0n) is 17.7. The molecule has 4 rings (SSSR count). The maximum Gasteiger partial charge on any atom is 0.225 e. The summed E-state index contributed by atoms with van der Waals surface area (Å²) in [6, 6.07) is 17.3. The first-order valence-electron chi connectivity index (χ1n) is 10.7. The molecule has 1 aliphatic carbocycles. The van der Waals surface area contributed by atoms with Gasteiger partial charge in [0.25, 0.3) is 0 Å². The van der Waals surface area contributed by atoms with Gasteiger partial charge in [-0.1, -0.05) is 43.3 Å². The van der Waals surface area contributed by atoms with Gasteiger partial charge < -0.3 is 10.2 Å². The molecule has 30 heavy (non-hydrogen) atoms. The number of carbonyl (C=O) groups is 1. The number of nitrogens with zero attached hydrogens (tertiary/aromatic N) is 1. The lowest BCUT2D eigenvalue weighted by atomic mass is 10.0. The zero-order chi connectivity index (χ0) is 21.3. The van der Waals surface area contributed by atoms with E-state index in [9.17, 15) is 13.2 Å². The minimum Gasteiger partial charge on any atom is -0.381 e. The van der Waals surface area contributed by atoms with Crippen molar-refractivity contribution >= 4 is 21.4 Å². The van der Waals surface area contributed by atoms with Gasteiger partial charge in [-0.2, -0.15) is 0 Å². The van der Waals surface area contributed by atoms with Crippen LogP contribution in [0.25, 0.3) is 0 Å². The molecule has 160 valence electrons. The molecule has 2 aromatic carbocycles. The Kier molecular flexibility index (Phi) is 5.87. The fraction of sp³-hybridized carbons (Fsp3) is 0.458. The highest BCUT2D eigenvalue weighted by Crippen LogP contribution is 2.34. The number of hydrogen-bond donors (Lipinski definition) is 1. The molecule has 0 aromatic heterocycles. The van der Waals surface area contributed by atoms with E-state index in [0.29, 0.717) is 31.3 Å². The highest BCUT2D eigenvalue weighted by Gasteiger charge is 2.30. The van der Waals surface area contributed by atoms with Crippen LogP contribution >= 0.6 is 0 Å². The van der Waals surface area contributed by atoms with Crippen molar-refractivity contribution in [2.24, 2.45) is 5.92 Å². The average Bonchev–Trinajstić information content (AvgIpc) is 3.04. The first-order valence-corrected chi connectivity index (χ1v) is 12.5. The van der Waals surface area contributed by atoms with Gasteiger partial charge in [-0.15, -0.1) is 0 Å². The van der Waals surface area contributed by atoms with Crippen molar-refractivity contribution in [1.29, 1.82) is 0 Å². The molecule has 1 fully saturated rings. The van der Waals surface area contributed by atoms with Crippen LogP contribution in [-0.2, 0) is 27.6 Å². The van der Waals surface area contributed by atoms with E-state index in [1.54, 1.807) is 11.9 Å². The minimum atomic E-state index is -2.95. The number of hydrogen-bond acceptors (Lipinski definition) is 4. The Balaban J connectivity index is 1.32. The number of fused-ring (bicyclic) bond motifs is 1. The Morgan fingerprint density at radius 2 is 1.73 bits per heavy atom.